The van der Waals surface area contributed by atoms with Crippen LogP contribution in [-0.4, -0.2) is 39.9 Å². The molecule has 0 fully saturated rings. The third kappa shape index (κ3) is 5.07. The van der Waals surface area contributed by atoms with Crippen LogP contribution in [0.1, 0.15) is 44.5 Å². The molecule has 0 unspecified atom stereocenters. The number of H-pyrrole nitrogens is 2. The van der Waals surface area contributed by atoms with Gasteiger partial charge in [0.05, 0.1) is 40.2 Å². The van der Waals surface area contributed by atoms with E-state index in [4.69, 9.17) is 123 Å². The second-order valence-corrected chi connectivity index (χ2v) is 17.1. The molecule has 7 aromatic rings. The van der Waals surface area contributed by atoms with Crippen LogP contribution in [0.4, 0.5) is 0 Å². The summed E-state index contributed by atoms with van der Waals surface area (Å²) >= 11 is 54.9. The molecule has 56 heavy (non-hydrogen) atoms. The van der Waals surface area contributed by atoms with Crippen molar-refractivity contribution in [3.63, 3.8) is 0 Å². The molecule has 8 bridgehead atoms. The summed E-state index contributed by atoms with van der Waals surface area (Å²) in [6.45, 7) is 15.1. The first-order chi connectivity index (χ1) is 26.4. The lowest BCUT2D eigenvalue weighted by atomic mass is 9.97. The summed E-state index contributed by atoms with van der Waals surface area (Å²) in [5, 5.41) is 5.96. The summed E-state index contributed by atoms with van der Waals surface area (Å²) in [7, 11) is 0. The summed E-state index contributed by atoms with van der Waals surface area (Å²) in [5.74, 6) is 1.41. The highest BCUT2D eigenvalue weighted by Gasteiger charge is 2.31. The number of rotatable bonds is 0. The van der Waals surface area contributed by atoms with Gasteiger partial charge in [-0.3, -0.25) is 0 Å². The fraction of sp³-hybridized carbons (Fsp3) is 0.200. The van der Waals surface area contributed by atoms with E-state index in [1.54, 1.807) is 0 Å². The second kappa shape index (κ2) is 13.0. The van der Waals surface area contributed by atoms with Gasteiger partial charge in [-0.15, -0.1) is 0 Å². The van der Waals surface area contributed by atoms with Gasteiger partial charge < -0.3 is 9.97 Å². The molecular weight excluding hydrogens is 876 g/mol. The normalized spacial score (nSPS) is 12.3. The molecular formula is C40H26Cl8N8. The van der Waals surface area contributed by atoms with Gasteiger partial charge in [0.25, 0.3) is 0 Å². The molecule has 0 saturated heterocycles. The predicted molar refractivity (Wildman–Crippen MR) is 234 cm³/mol. The molecule has 0 atom stereocenters. The lowest BCUT2D eigenvalue weighted by molar-refractivity contribution is 1.19. The number of aromatic nitrogens is 8. The van der Waals surface area contributed by atoms with Crippen molar-refractivity contribution in [3.05, 3.63) is 84.7 Å². The fourth-order valence-corrected chi connectivity index (χ4v) is 9.87. The largest absolute Gasteiger partial charge is 0.324 e. The first-order valence-electron chi connectivity index (χ1n) is 17.2. The highest BCUT2D eigenvalue weighted by Crippen LogP contribution is 2.49. The zero-order valence-electron chi connectivity index (χ0n) is 30.7. The fourth-order valence-electron chi connectivity index (χ4n) is 7.98. The van der Waals surface area contributed by atoms with Crippen LogP contribution in [-0.2, 0) is 0 Å². The molecule has 0 amide bonds. The van der Waals surface area contributed by atoms with Crippen molar-refractivity contribution in [2.75, 3.05) is 0 Å². The molecule has 2 N–H and O–H groups in total. The SMILES string of the molecule is Cc1c(Cl)c(Cl)c(C)c2c1-c1nc-2nc2[nH]c(nc3nc(nc4[nH]c(n1)c1c(C)c(Cl)c(Cl)c(C)c41)-c1c(C)c(Cl)c(Cl)c(C)c1-3)c1c(C)c(Cl)c(Cl)c(C)c21. The topological polar surface area (TPSA) is 109 Å². The molecule has 0 spiro atoms. The van der Waals surface area contributed by atoms with E-state index in [9.17, 15) is 0 Å². The van der Waals surface area contributed by atoms with Crippen molar-refractivity contribution in [2.45, 2.75) is 55.4 Å². The number of hydrogen-bond donors (Lipinski definition) is 2. The molecule has 9 rings (SSSR count). The van der Waals surface area contributed by atoms with E-state index in [0.29, 0.717) is 174 Å². The summed E-state index contributed by atoms with van der Waals surface area (Å²) in [4.78, 5) is 37.9. The minimum atomic E-state index is 0.352. The third-order valence-corrected chi connectivity index (χ3v) is 15.2. The minimum Gasteiger partial charge on any atom is -0.324 e. The molecule has 0 saturated carbocycles. The smallest absolute Gasteiger partial charge is 0.165 e. The zero-order chi connectivity index (χ0) is 40.1. The standard InChI is InChI=1S/C40H26Cl8N8/c1-9-17-18(10(2)26(42)25(9)41)34-49-33(17)53-35-19-11(3)27(43)28(44)12(4)20(19)37(50-35)55-39-23-15(7)31(47)32(48)16(8)24(23)40(52-39)56-38-22-14(6)30(46)29(45)13(5)21(22)36(51-38)54-34/h1-8H3,(H2,49,50,51,52,53,54,55,56). The Balaban J connectivity index is 1.61. The van der Waals surface area contributed by atoms with Crippen molar-refractivity contribution in [2.24, 2.45) is 0 Å². The van der Waals surface area contributed by atoms with E-state index in [-0.39, 0.29) is 0 Å². The Morgan fingerprint density at radius 3 is 0.643 bits per heavy atom. The van der Waals surface area contributed by atoms with Gasteiger partial charge in [0.2, 0.25) is 0 Å². The predicted octanol–water partition coefficient (Wildman–Crippen LogP) is 14.6. The van der Waals surface area contributed by atoms with E-state index in [1.807, 2.05) is 55.4 Å². The van der Waals surface area contributed by atoms with Gasteiger partial charge in [0.15, 0.2) is 23.3 Å². The third-order valence-electron chi connectivity index (χ3n) is 11.0. The highest BCUT2D eigenvalue weighted by molar-refractivity contribution is 6.46. The number of fused-ring (bicyclic) bond motifs is 20. The van der Waals surface area contributed by atoms with Gasteiger partial charge in [0, 0.05) is 43.8 Å². The summed E-state index contributed by atoms with van der Waals surface area (Å²) < 4.78 is 0. The van der Waals surface area contributed by atoms with Crippen molar-refractivity contribution >= 4 is 137 Å². The summed E-state index contributed by atoms with van der Waals surface area (Å²) in [5.41, 5.74) is 10.0. The average Bonchev–Trinajstić information content (AvgIpc) is 3.92. The van der Waals surface area contributed by atoms with Gasteiger partial charge in [-0.1, -0.05) is 92.8 Å². The van der Waals surface area contributed by atoms with E-state index in [2.05, 4.69) is 9.97 Å². The van der Waals surface area contributed by atoms with Gasteiger partial charge in [-0.25, -0.2) is 29.9 Å². The van der Waals surface area contributed by atoms with Gasteiger partial charge in [0.1, 0.15) is 22.6 Å². The Hall–Kier alpha value is -3.44. The number of aryl methyl sites for hydroxylation is 4. The Bertz CT molecular complexity index is 2800. The quantitative estimate of drug-likeness (QED) is 0.157. The van der Waals surface area contributed by atoms with Crippen LogP contribution in [0.3, 0.4) is 0 Å². The second-order valence-electron chi connectivity index (χ2n) is 14.1. The first-order valence-corrected chi connectivity index (χ1v) is 20.2. The number of benzene rings is 4. The van der Waals surface area contributed by atoms with Crippen LogP contribution < -0.4 is 0 Å². The number of nitrogens with one attached hydrogen (secondary N) is 2. The molecule has 0 aliphatic carbocycles. The molecule has 3 aromatic heterocycles. The molecule has 0 radical (unpaired) electrons. The maximum Gasteiger partial charge on any atom is 0.165 e. The number of aromatic amines is 2. The average molecular weight is 902 g/mol. The van der Waals surface area contributed by atoms with Gasteiger partial charge in [-0.2, -0.15) is 0 Å². The van der Waals surface area contributed by atoms with Gasteiger partial charge >= 0.3 is 0 Å². The molecule has 8 nitrogen and oxygen atoms in total. The van der Waals surface area contributed by atoms with Crippen molar-refractivity contribution in [1.29, 1.82) is 0 Å². The molecule has 282 valence electrons. The molecule has 2 aliphatic heterocycles. The maximum absolute atomic E-state index is 6.87. The van der Waals surface area contributed by atoms with Crippen LogP contribution in [0.2, 0.25) is 40.2 Å². The van der Waals surface area contributed by atoms with Crippen LogP contribution in [0, 0.1) is 55.4 Å². The van der Waals surface area contributed by atoms with Crippen LogP contribution in [0.15, 0.2) is 0 Å². The Labute approximate surface area is 359 Å². The van der Waals surface area contributed by atoms with E-state index in [1.165, 1.54) is 0 Å². The minimum absolute atomic E-state index is 0.352. The Kier molecular flexibility index (Phi) is 8.87. The lowest BCUT2D eigenvalue weighted by Gasteiger charge is -2.12. The van der Waals surface area contributed by atoms with Crippen molar-refractivity contribution in [1.82, 2.24) is 39.9 Å². The highest BCUT2D eigenvalue weighted by atomic mass is 35.5. The van der Waals surface area contributed by atoms with Crippen molar-refractivity contribution in [3.8, 4) is 45.6 Å². The van der Waals surface area contributed by atoms with Crippen LogP contribution in [0.5, 0.6) is 0 Å². The van der Waals surface area contributed by atoms with E-state index < -0.39 is 0 Å². The molecule has 2 aliphatic rings. The maximum atomic E-state index is 6.87. The molecule has 4 aromatic carbocycles. The zero-order valence-corrected chi connectivity index (χ0v) is 36.8. The van der Waals surface area contributed by atoms with Crippen LogP contribution >= 0.6 is 92.8 Å². The van der Waals surface area contributed by atoms with Gasteiger partial charge in [-0.05, 0) is 99.9 Å². The lowest BCUT2D eigenvalue weighted by Crippen LogP contribution is -1.93. The Morgan fingerprint density at radius 2 is 0.446 bits per heavy atom. The number of nitrogens with zero attached hydrogens (tertiary/aromatic N) is 6. The number of hydrogen-bond acceptors (Lipinski definition) is 6. The summed E-state index contributed by atoms with van der Waals surface area (Å²) in [6.07, 6.45) is 0. The van der Waals surface area contributed by atoms with E-state index >= 15 is 0 Å². The number of halogens is 8. The summed E-state index contributed by atoms with van der Waals surface area (Å²) in [6, 6.07) is 0. The molecule has 16 heteroatoms. The van der Waals surface area contributed by atoms with Crippen LogP contribution in [0.25, 0.3) is 89.7 Å². The van der Waals surface area contributed by atoms with E-state index in [0.717, 1.165) is 0 Å². The molecule has 5 heterocycles. The van der Waals surface area contributed by atoms with Crippen molar-refractivity contribution < 1.29 is 0 Å². The monoisotopic (exact) mass is 898 g/mol. The Morgan fingerprint density at radius 1 is 0.268 bits per heavy atom. The first kappa shape index (κ1) is 38.1.